The second kappa shape index (κ2) is 9.89. The predicted molar refractivity (Wildman–Crippen MR) is 150 cm³/mol. The summed E-state index contributed by atoms with van der Waals surface area (Å²) < 4.78 is 11.2. The number of aromatic nitrogens is 1. The molecule has 0 spiro atoms. The standard InChI is InChI=1S/C29H25N3O8S/c1-12-23(35)21(14(3)33)25-22(24(12)36)29(4)19(40-25)11-17(34)20(26(29)37)13(2)31-16-10-15(6-7-18(16)39-5)27(38)32-28-30-8-9-41-28/h6-11,31,35-36H,1-5H3,(H,30,32,38)/t29-/m0/s1. The first kappa shape index (κ1) is 27.6. The number of ether oxygens (including phenoxy) is 2. The molecule has 210 valence electrons. The van der Waals surface area contributed by atoms with E-state index >= 15 is 0 Å². The van der Waals surface area contributed by atoms with Crippen LogP contribution in [0.15, 0.2) is 52.9 Å². The number of hydrogen-bond acceptors (Lipinski definition) is 11. The highest BCUT2D eigenvalue weighted by atomic mass is 32.1. The van der Waals surface area contributed by atoms with E-state index in [-0.39, 0.29) is 45.0 Å². The molecule has 0 saturated carbocycles. The van der Waals surface area contributed by atoms with Crippen molar-refractivity contribution < 1.29 is 38.9 Å². The van der Waals surface area contributed by atoms with Gasteiger partial charge in [-0.3, -0.25) is 24.5 Å². The average Bonchev–Trinajstić information content (AvgIpc) is 3.53. The molecule has 1 amide bonds. The van der Waals surface area contributed by atoms with Crippen molar-refractivity contribution in [2.24, 2.45) is 0 Å². The summed E-state index contributed by atoms with van der Waals surface area (Å²) in [6.45, 7) is 5.64. The molecule has 2 aromatic carbocycles. The lowest BCUT2D eigenvalue weighted by molar-refractivity contribution is -0.123. The maximum absolute atomic E-state index is 14.1. The van der Waals surface area contributed by atoms with Gasteiger partial charge in [-0.25, -0.2) is 4.98 Å². The maximum Gasteiger partial charge on any atom is 0.257 e. The van der Waals surface area contributed by atoms with Crippen LogP contribution in [0.25, 0.3) is 0 Å². The van der Waals surface area contributed by atoms with Gasteiger partial charge in [-0.05, 0) is 45.9 Å². The molecule has 0 unspecified atom stereocenters. The van der Waals surface area contributed by atoms with Crippen molar-refractivity contribution in [3.8, 4) is 23.0 Å². The fraction of sp³-hybridized carbons (Fsp3) is 0.207. The third kappa shape index (κ3) is 4.23. The van der Waals surface area contributed by atoms with E-state index in [1.54, 1.807) is 23.7 Å². The number of phenolic OH excluding ortho intramolecular Hbond substituents is 2. The van der Waals surface area contributed by atoms with E-state index in [1.165, 1.54) is 52.2 Å². The molecule has 1 aliphatic carbocycles. The summed E-state index contributed by atoms with van der Waals surface area (Å²) >= 11 is 1.26. The Kier molecular flexibility index (Phi) is 6.66. The Morgan fingerprint density at radius 3 is 2.49 bits per heavy atom. The van der Waals surface area contributed by atoms with Crippen LogP contribution < -0.4 is 20.1 Å². The van der Waals surface area contributed by atoms with Crippen LogP contribution in [0.3, 0.4) is 0 Å². The number of anilines is 2. The monoisotopic (exact) mass is 575 g/mol. The van der Waals surface area contributed by atoms with Gasteiger partial charge < -0.3 is 25.0 Å². The number of ketones is 3. The average molecular weight is 576 g/mol. The van der Waals surface area contributed by atoms with Crippen LogP contribution in [0.4, 0.5) is 10.8 Å². The molecule has 1 aliphatic heterocycles. The third-order valence-electron chi connectivity index (χ3n) is 7.20. The minimum absolute atomic E-state index is 0.00248. The van der Waals surface area contributed by atoms with Crippen LogP contribution in [-0.4, -0.2) is 45.6 Å². The Hall–Kier alpha value is -4.97. The summed E-state index contributed by atoms with van der Waals surface area (Å²) in [5.74, 6) is -3.08. The van der Waals surface area contributed by atoms with E-state index in [9.17, 15) is 29.4 Å². The molecule has 3 aromatic rings. The highest BCUT2D eigenvalue weighted by Gasteiger charge is 2.56. The fourth-order valence-electron chi connectivity index (χ4n) is 5.03. The number of allylic oxidation sites excluding steroid dienone is 4. The first-order valence-electron chi connectivity index (χ1n) is 12.4. The number of carbonyl (C=O) groups excluding carboxylic acids is 4. The molecule has 1 atom stereocenters. The van der Waals surface area contributed by atoms with Crippen molar-refractivity contribution in [2.75, 3.05) is 17.7 Å². The van der Waals surface area contributed by atoms with Crippen molar-refractivity contribution in [1.29, 1.82) is 0 Å². The highest BCUT2D eigenvalue weighted by molar-refractivity contribution is 7.13. The van der Waals surface area contributed by atoms with Crippen LogP contribution in [0.5, 0.6) is 23.0 Å². The second-order valence-corrected chi connectivity index (χ2v) is 10.6. The topological polar surface area (TPSA) is 164 Å². The zero-order valence-corrected chi connectivity index (χ0v) is 23.5. The summed E-state index contributed by atoms with van der Waals surface area (Å²) in [4.78, 5) is 56.5. The molecule has 5 rings (SSSR count). The second-order valence-electron chi connectivity index (χ2n) is 9.72. The van der Waals surface area contributed by atoms with Crippen LogP contribution in [-0.2, 0) is 15.0 Å². The van der Waals surface area contributed by atoms with E-state index in [0.717, 1.165) is 6.08 Å². The van der Waals surface area contributed by atoms with Gasteiger partial charge in [0.05, 0.1) is 23.9 Å². The number of nitrogens with zero attached hydrogens (tertiary/aromatic N) is 1. The predicted octanol–water partition coefficient (Wildman–Crippen LogP) is 4.40. The molecule has 11 nitrogen and oxygen atoms in total. The van der Waals surface area contributed by atoms with Gasteiger partial charge in [0.1, 0.15) is 39.7 Å². The molecule has 1 aromatic heterocycles. The molecule has 4 N–H and O–H groups in total. The largest absolute Gasteiger partial charge is 0.507 e. The molecule has 0 fully saturated rings. The molecule has 12 heteroatoms. The maximum atomic E-state index is 14.1. The Balaban J connectivity index is 1.58. The number of amides is 1. The van der Waals surface area contributed by atoms with E-state index in [2.05, 4.69) is 15.6 Å². The Morgan fingerprint density at radius 1 is 1.12 bits per heavy atom. The molecule has 2 heterocycles. The molecule has 0 radical (unpaired) electrons. The molecule has 41 heavy (non-hydrogen) atoms. The van der Waals surface area contributed by atoms with Gasteiger partial charge in [0, 0.05) is 34.5 Å². The third-order valence-corrected chi connectivity index (χ3v) is 7.88. The Morgan fingerprint density at radius 2 is 1.85 bits per heavy atom. The van der Waals surface area contributed by atoms with Crippen molar-refractivity contribution >= 4 is 45.4 Å². The van der Waals surface area contributed by atoms with Crippen LogP contribution in [0, 0.1) is 6.92 Å². The Labute approximate surface area is 238 Å². The number of carbonyl (C=O) groups is 4. The van der Waals surface area contributed by atoms with Gasteiger partial charge in [-0.1, -0.05) is 0 Å². The molecule has 0 saturated heterocycles. The van der Waals surface area contributed by atoms with Crippen LogP contribution >= 0.6 is 11.3 Å². The van der Waals surface area contributed by atoms with Crippen molar-refractivity contribution in [1.82, 2.24) is 4.98 Å². The summed E-state index contributed by atoms with van der Waals surface area (Å²) in [7, 11) is 1.44. The zero-order valence-electron chi connectivity index (χ0n) is 22.7. The number of aromatic hydroxyl groups is 2. The summed E-state index contributed by atoms with van der Waals surface area (Å²) in [6.07, 6.45) is 2.70. The summed E-state index contributed by atoms with van der Waals surface area (Å²) in [6, 6.07) is 4.64. The minimum atomic E-state index is -1.66. The van der Waals surface area contributed by atoms with Crippen molar-refractivity contribution in [3.63, 3.8) is 0 Å². The Bertz CT molecular complexity index is 1740. The lowest BCUT2D eigenvalue weighted by atomic mass is 9.70. The minimum Gasteiger partial charge on any atom is -0.507 e. The van der Waals surface area contributed by atoms with Gasteiger partial charge in [0.25, 0.3) is 5.91 Å². The van der Waals surface area contributed by atoms with Crippen LogP contribution in [0.1, 0.15) is 52.6 Å². The van der Waals surface area contributed by atoms with E-state index in [0.29, 0.717) is 16.6 Å². The van der Waals surface area contributed by atoms with Gasteiger partial charge in [-0.2, -0.15) is 0 Å². The SMILES string of the molecule is COc1ccc(C(=O)Nc2nccs2)cc1NC(C)=C1C(=O)C=C2Oc3c(C(C)=O)c(O)c(C)c(O)c3[C@@]2(C)C1=O. The number of phenols is 2. The fourth-order valence-corrected chi connectivity index (χ4v) is 5.55. The summed E-state index contributed by atoms with van der Waals surface area (Å²) in [5, 5.41) is 29.4. The number of nitrogens with one attached hydrogen (secondary N) is 2. The first-order chi connectivity index (χ1) is 19.4. The number of hydrogen-bond donors (Lipinski definition) is 4. The van der Waals surface area contributed by atoms with Gasteiger partial charge in [0.15, 0.2) is 22.5 Å². The van der Waals surface area contributed by atoms with E-state index < -0.39 is 40.2 Å². The molecule has 2 aliphatic rings. The summed E-state index contributed by atoms with van der Waals surface area (Å²) in [5.41, 5.74) is -1.34. The lowest BCUT2D eigenvalue weighted by Gasteiger charge is -2.29. The normalized spacial score (nSPS) is 18.6. The van der Waals surface area contributed by atoms with Gasteiger partial charge >= 0.3 is 0 Å². The number of rotatable bonds is 6. The smallest absolute Gasteiger partial charge is 0.257 e. The number of benzene rings is 2. The van der Waals surface area contributed by atoms with Crippen molar-refractivity contribution in [2.45, 2.75) is 33.1 Å². The van der Waals surface area contributed by atoms with Crippen molar-refractivity contribution in [3.05, 3.63) is 75.1 Å². The number of methoxy groups -OCH3 is 1. The van der Waals surface area contributed by atoms with Gasteiger partial charge in [0.2, 0.25) is 0 Å². The quantitative estimate of drug-likeness (QED) is 0.188. The number of thiazole rings is 1. The zero-order chi connectivity index (χ0) is 29.8. The molecule has 0 bridgehead atoms. The number of Topliss-reactive ketones (excluding diaryl/α,β-unsaturated/α-hetero) is 2. The lowest BCUT2D eigenvalue weighted by Crippen LogP contribution is -2.40. The van der Waals surface area contributed by atoms with Gasteiger partial charge in [-0.15, -0.1) is 11.3 Å². The number of fused-ring (bicyclic) bond motifs is 3. The molecular formula is C29H25N3O8S. The highest BCUT2D eigenvalue weighted by Crippen LogP contribution is 2.57. The van der Waals surface area contributed by atoms with E-state index in [4.69, 9.17) is 9.47 Å². The van der Waals surface area contributed by atoms with Crippen LogP contribution in [0.2, 0.25) is 0 Å². The van der Waals surface area contributed by atoms with E-state index in [1.807, 2.05) is 0 Å². The molecular weight excluding hydrogens is 550 g/mol. The first-order valence-corrected chi connectivity index (χ1v) is 13.2.